The Morgan fingerprint density at radius 2 is 1.63 bits per heavy atom. The van der Waals surface area contributed by atoms with E-state index in [-0.39, 0.29) is 0 Å². The first-order valence-corrected chi connectivity index (χ1v) is 6.14. The van der Waals surface area contributed by atoms with Crippen LogP contribution in [-0.2, 0) is 0 Å². The van der Waals surface area contributed by atoms with Crippen molar-refractivity contribution < 1.29 is 4.52 Å². The highest BCUT2D eigenvalue weighted by Gasteiger charge is 2.18. The van der Waals surface area contributed by atoms with E-state index in [0.717, 1.165) is 22.3 Å². The summed E-state index contributed by atoms with van der Waals surface area (Å²) in [7, 11) is 0. The maximum Gasteiger partial charge on any atom is 0.176 e. The lowest BCUT2D eigenvalue weighted by atomic mass is 9.98. The van der Waals surface area contributed by atoms with Gasteiger partial charge in [0.25, 0.3) is 0 Å². The molecule has 0 spiro atoms. The maximum atomic E-state index is 5.97. The topological polar surface area (TPSA) is 52.0 Å². The van der Waals surface area contributed by atoms with Gasteiger partial charge in [0.1, 0.15) is 0 Å². The smallest absolute Gasteiger partial charge is 0.176 e. The molecule has 3 heteroatoms. The molecule has 3 aromatic rings. The molecule has 0 radical (unpaired) electrons. The van der Waals surface area contributed by atoms with Gasteiger partial charge in [-0.05, 0) is 18.1 Å². The monoisotopic (exact) mass is 250 g/mol. The van der Waals surface area contributed by atoms with E-state index >= 15 is 0 Å². The van der Waals surface area contributed by atoms with Gasteiger partial charge in [-0.15, -0.1) is 0 Å². The highest BCUT2D eigenvalue weighted by Crippen LogP contribution is 2.37. The van der Waals surface area contributed by atoms with Crippen LogP contribution in [0.4, 0.5) is 5.82 Å². The Kier molecular flexibility index (Phi) is 2.80. The van der Waals surface area contributed by atoms with E-state index in [2.05, 4.69) is 18.1 Å². The largest absolute Gasteiger partial charge is 0.380 e. The second-order valence-electron chi connectivity index (χ2n) is 4.45. The summed E-state index contributed by atoms with van der Waals surface area (Å²) in [6.07, 6.45) is 0. The number of nitrogen functional groups attached to an aromatic ring is 1. The third-order valence-electron chi connectivity index (χ3n) is 3.17. The van der Waals surface area contributed by atoms with Gasteiger partial charge in [-0.2, -0.15) is 0 Å². The zero-order chi connectivity index (χ0) is 13.2. The number of nitrogens with zero attached hydrogens (tertiary/aromatic N) is 1. The van der Waals surface area contributed by atoms with E-state index in [1.807, 2.05) is 48.5 Å². The number of anilines is 1. The van der Waals surface area contributed by atoms with Gasteiger partial charge in [0.2, 0.25) is 0 Å². The third-order valence-corrected chi connectivity index (χ3v) is 3.17. The molecule has 0 amide bonds. The van der Waals surface area contributed by atoms with E-state index < -0.39 is 0 Å². The summed E-state index contributed by atoms with van der Waals surface area (Å²) in [6, 6.07) is 18.0. The quantitative estimate of drug-likeness (QED) is 0.750. The van der Waals surface area contributed by atoms with Crippen LogP contribution in [-0.4, -0.2) is 5.16 Å². The van der Waals surface area contributed by atoms with Crippen LogP contribution in [0.5, 0.6) is 0 Å². The second kappa shape index (κ2) is 4.61. The van der Waals surface area contributed by atoms with Crippen molar-refractivity contribution in [2.75, 3.05) is 5.73 Å². The molecule has 0 atom stereocenters. The van der Waals surface area contributed by atoms with Gasteiger partial charge in [-0.25, -0.2) is 0 Å². The van der Waals surface area contributed by atoms with E-state index in [1.165, 1.54) is 0 Å². The predicted octanol–water partition coefficient (Wildman–Crippen LogP) is 3.90. The Balaban J connectivity index is 2.23. The van der Waals surface area contributed by atoms with Crippen molar-refractivity contribution in [2.45, 2.75) is 6.92 Å². The zero-order valence-corrected chi connectivity index (χ0v) is 10.6. The van der Waals surface area contributed by atoms with Crippen LogP contribution < -0.4 is 5.73 Å². The molecule has 94 valence electrons. The second-order valence-corrected chi connectivity index (χ2v) is 4.45. The number of hydrogen-bond acceptors (Lipinski definition) is 3. The van der Waals surface area contributed by atoms with E-state index in [0.29, 0.717) is 11.6 Å². The normalized spacial score (nSPS) is 10.6. The van der Waals surface area contributed by atoms with Gasteiger partial charge in [-0.3, -0.25) is 0 Å². The Morgan fingerprint density at radius 1 is 0.947 bits per heavy atom. The van der Waals surface area contributed by atoms with Crippen molar-refractivity contribution in [3.05, 3.63) is 60.2 Å². The van der Waals surface area contributed by atoms with Gasteiger partial charge in [0.05, 0.1) is 5.56 Å². The highest BCUT2D eigenvalue weighted by molar-refractivity contribution is 5.87. The van der Waals surface area contributed by atoms with Crippen molar-refractivity contribution in [3.63, 3.8) is 0 Å². The van der Waals surface area contributed by atoms with Gasteiger partial charge >= 0.3 is 0 Å². The van der Waals surface area contributed by atoms with Crippen LogP contribution >= 0.6 is 0 Å². The van der Waals surface area contributed by atoms with Crippen LogP contribution in [0.3, 0.4) is 0 Å². The van der Waals surface area contributed by atoms with Gasteiger partial charge in [-0.1, -0.05) is 59.8 Å². The van der Waals surface area contributed by atoms with Crippen LogP contribution in [0, 0.1) is 6.92 Å². The fraction of sp³-hybridized carbons (Fsp3) is 0.0625. The summed E-state index contributed by atoms with van der Waals surface area (Å²) in [4.78, 5) is 0. The van der Waals surface area contributed by atoms with Crippen molar-refractivity contribution in [1.29, 1.82) is 0 Å². The summed E-state index contributed by atoms with van der Waals surface area (Å²) < 4.78 is 5.42. The molecule has 0 unspecified atom stereocenters. The molecule has 2 N–H and O–H groups in total. The van der Waals surface area contributed by atoms with Gasteiger partial charge in [0.15, 0.2) is 11.6 Å². The molecule has 0 fully saturated rings. The minimum Gasteiger partial charge on any atom is -0.380 e. The molecule has 1 aromatic heterocycles. The molecule has 1 heterocycles. The lowest BCUT2D eigenvalue weighted by molar-refractivity contribution is 0.436. The lowest BCUT2D eigenvalue weighted by Crippen LogP contribution is -1.90. The lowest BCUT2D eigenvalue weighted by Gasteiger charge is -2.06. The van der Waals surface area contributed by atoms with E-state index in [9.17, 15) is 0 Å². The Labute approximate surface area is 111 Å². The third kappa shape index (κ3) is 1.99. The molecule has 0 aliphatic rings. The molecule has 0 bridgehead atoms. The van der Waals surface area contributed by atoms with E-state index in [4.69, 9.17) is 10.3 Å². The molecule has 0 saturated carbocycles. The molecular formula is C16H14N2O. The Morgan fingerprint density at radius 3 is 2.37 bits per heavy atom. The summed E-state index contributed by atoms with van der Waals surface area (Å²) in [5.41, 5.74) is 10.0. The fourth-order valence-electron chi connectivity index (χ4n) is 2.20. The van der Waals surface area contributed by atoms with Gasteiger partial charge in [0, 0.05) is 5.56 Å². The Bertz CT molecular complexity index is 702. The minimum absolute atomic E-state index is 0.424. The number of aryl methyl sites for hydroxylation is 1. The first-order valence-electron chi connectivity index (χ1n) is 6.14. The average molecular weight is 250 g/mol. The summed E-state index contributed by atoms with van der Waals surface area (Å²) in [5, 5.41) is 3.91. The van der Waals surface area contributed by atoms with Crippen LogP contribution in [0.2, 0.25) is 0 Å². The standard InChI is InChI=1S/C16H14N2O/c1-11-7-5-6-10-13(11)14-15(19-18-16(14)17)12-8-3-2-4-9-12/h2-10H,1H3,(H2,17,18). The Hall–Kier alpha value is -2.55. The van der Waals surface area contributed by atoms with Crippen molar-refractivity contribution in [3.8, 4) is 22.5 Å². The highest BCUT2D eigenvalue weighted by atomic mass is 16.5. The van der Waals surface area contributed by atoms with E-state index in [1.54, 1.807) is 0 Å². The number of aromatic nitrogens is 1. The molecule has 19 heavy (non-hydrogen) atoms. The number of nitrogens with two attached hydrogens (primary N) is 1. The average Bonchev–Trinajstić information content (AvgIpc) is 2.82. The molecule has 3 rings (SSSR count). The summed E-state index contributed by atoms with van der Waals surface area (Å²) in [6.45, 7) is 2.05. The summed E-state index contributed by atoms with van der Waals surface area (Å²) >= 11 is 0. The van der Waals surface area contributed by atoms with Crippen molar-refractivity contribution in [1.82, 2.24) is 5.16 Å². The summed E-state index contributed by atoms with van der Waals surface area (Å²) in [5.74, 6) is 1.14. The van der Waals surface area contributed by atoms with Crippen molar-refractivity contribution >= 4 is 5.82 Å². The fourth-order valence-corrected chi connectivity index (χ4v) is 2.20. The van der Waals surface area contributed by atoms with Crippen LogP contribution in [0.25, 0.3) is 22.5 Å². The molecule has 3 nitrogen and oxygen atoms in total. The SMILES string of the molecule is Cc1ccccc1-c1c(N)noc1-c1ccccc1. The van der Waals surface area contributed by atoms with Gasteiger partial charge < -0.3 is 10.3 Å². The molecular weight excluding hydrogens is 236 g/mol. The number of hydrogen-bond donors (Lipinski definition) is 1. The molecule has 2 aromatic carbocycles. The molecule has 0 saturated heterocycles. The predicted molar refractivity (Wildman–Crippen MR) is 76.5 cm³/mol. The zero-order valence-electron chi connectivity index (χ0n) is 10.6. The first kappa shape index (κ1) is 11.5. The van der Waals surface area contributed by atoms with Crippen molar-refractivity contribution in [2.24, 2.45) is 0 Å². The molecule has 0 aliphatic heterocycles. The number of benzene rings is 2. The molecule has 0 aliphatic carbocycles. The maximum absolute atomic E-state index is 5.97. The minimum atomic E-state index is 0.424. The first-order chi connectivity index (χ1) is 9.27. The van der Waals surface area contributed by atoms with Crippen LogP contribution in [0.15, 0.2) is 59.1 Å². The number of rotatable bonds is 2. The van der Waals surface area contributed by atoms with Crippen LogP contribution in [0.1, 0.15) is 5.56 Å².